The maximum absolute atomic E-state index is 13.3. The molecule has 1 aliphatic carbocycles. The van der Waals surface area contributed by atoms with Crippen LogP contribution in [0.15, 0.2) is 48.5 Å². The molecule has 35 heavy (non-hydrogen) atoms. The third-order valence-electron chi connectivity index (χ3n) is 6.32. The number of fused-ring (bicyclic) bond motifs is 3. The van der Waals surface area contributed by atoms with Crippen molar-refractivity contribution in [2.75, 3.05) is 13.2 Å². The summed E-state index contributed by atoms with van der Waals surface area (Å²) in [5.41, 5.74) is 0.683. The highest BCUT2D eigenvalue weighted by Crippen LogP contribution is 2.44. The van der Waals surface area contributed by atoms with E-state index in [1.54, 1.807) is 19.2 Å². The van der Waals surface area contributed by atoms with Crippen LogP contribution in [0.2, 0.25) is 0 Å². The molecule has 0 radical (unpaired) electrons. The maximum Gasteiger partial charge on any atom is 0.422 e. The minimum Gasteiger partial charge on any atom is -0.479 e. The summed E-state index contributed by atoms with van der Waals surface area (Å²) in [6.07, 6.45) is -6.04. The Morgan fingerprint density at radius 3 is 1.97 bits per heavy atom. The van der Waals surface area contributed by atoms with Gasteiger partial charge in [-0.1, -0.05) is 62.4 Å². The Bertz CT molecular complexity index is 1070. The SMILES string of the molecule is CC(C)C(CNC(=O)OCC1c2ccccc2-c2ccccc21)C(=O)NC(C)(C(=O)O)C(F)(F)F. The zero-order chi connectivity index (χ0) is 26.0. The molecule has 3 N–H and O–H groups in total. The second-order valence-corrected chi connectivity index (χ2v) is 8.97. The Balaban J connectivity index is 1.63. The Morgan fingerprint density at radius 2 is 1.51 bits per heavy atom. The molecule has 2 aromatic rings. The third kappa shape index (κ3) is 5.26. The van der Waals surface area contributed by atoms with Gasteiger partial charge in [0, 0.05) is 12.5 Å². The average Bonchev–Trinajstić information content (AvgIpc) is 3.10. The van der Waals surface area contributed by atoms with Gasteiger partial charge in [-0.3, -0.25) is 4.79 Å². The first-order valence-electron chi connectivity index (χ1n) is 11.1. The van der Waals surface area contributed by atoms with Gasteiger partial charge in [0.1, 0.15) is 6.61 Å². The fourth-order valence-electron chi connectivity index (χ4n) is 4.06. The predicted molar refractivity (Wildman–Crippen MR) is 122 cm³/mol. The van der Waals surface area contributed by atoms with E-state index in [9.17, 15) is 27.6 Å². The van der Waals surface area contributed by atoms with Crippen molar-refractivity contribution >= 4 is 18.0 Å². The summed E-state index contributed by atoms with van der Waals surface area (Å²) < 4.78 is 45.2. The summed E-state index contributed by atoms with van der Waals surface area (Å²) in [6.45, 7) is 3.24. The van der Waals surface area contributed by atoms with Crippen LogP contribution in [0.5, 0.6) is 0 Å². The largest absolute Gasteiger partial charge is 0.479 e. The lowest BCUT2D eigenvalue weighted by Crippen LogP contribution is -2.63. The molecule has 0 heterocycles. The number of carboxylic acids is 1. The molecule has 3 rings (SSSR count). The Hall–Kier alpha value is -3.56. The molecule has 7 nitrogen and oxygen atoms in total. The number of aliphatic carboxylic acids is 1. The number of carboxylic acid groups (broad SMARTS) is 1. The molecule has 0 aromatic heterocycles. The van der Waals surface area contributed by atoms with E-state index in [-0.39, 0.29) is 19.1 Å². The molecule has 10 heteroatoms. The van der Waals surface area contributed by atoms with Crippen molar-refractivity contribution in [1.29, 1.82) is 0 Å². The Morgan fingerprint density at radius 1 is 1.00 bits per heavy atom. The summed E-state index contributed by atoms with van der Waals surface area (Å²) in [5, 5.41) is 13.0. The van der Waals surface area contributed by atoms with E-state index < -0.39 is 41.5 Å². The highest BCUT2D eigenvalue weighted by molar-refractivity contribution is 5.89. The summed E-state index contributed by atoms with van der Waals surface area (Å²) in [6, 6.07) is 15.6. The number of benzene rings is 2. The van der Waals surface area contributed by atoms with E-state index in [1.807, 2.05) is 48.5 Å². The van der Waals surface area contributed by atoms with Crippen LogP contribution in [0.25, 0.3) is 11.1 Å². The second kappa shape index (κ2) is 9.97. The van der Waals surface area contributed by atoms with Crippen molar-refractivity contribution in [2.45, 2.75) is 38.4 Å². The van der Waals surface area contributed by atoms with Crippen LogP contribution in [-0.4, -0.2) is 47.9 Å². The van der Waals surface area contributed by atoms with Crippen molar-refractivity contribution in [3.63, 3.8) is 0 Å². The van der Waals surface area contributed by atoms with E-state index in [0.29, 0.717) is 6.92 Å². The zero-order valence-electron chi connectivity index (χ0n) is 19.5. The number of amides is 2. The Labute approximate surface area is 200 Å². The highest BCUT2D eigenvalue weighted by atomic mass is 19.4. The van der Waals surface area contributed by atoms with Gasteiger partial charge in [0.05, 0.1) is 5.92 Å². The second-order valence-electron chi connectivity index (χ2n) is 8.97. The number of nitrogens with one attached hydrogen (secondary N) is 2. The number of carbonyl (C=O) groups excluding carboxylic acids is 2. The molecule has 2 aromatic carbocycles. The van der Waals surface area contributed by atoms with Crippen LogP contribution in [0.3, 0.4) is 0 Å². The molecular weight excluding hydrogens is 465 g/mol. The summed E-state index contributed by atoms with van der Waals surface area (Å²) in [5.74, 6) is -5.15. The van der Waals surface area contributed by atoms with E-state index >= 15 is 0 Å². The van der Waals surface area contributed by atoms with Crippen molar-refractivity contribution in [3.05, 3.63) is 59.7 Å². The Kier molecular flexibility index (Phi) is 7.42. The van der Waals surface area contributed by atoms with Crippen LogP contribution in [0, 0.1) is 11.8 Å². The number of alkyl halides is 3. The summed E-state index contributed by atoms with van der Waals surface area (Å²) >= 11 is 0. The van der Waals surface area contributed by atoms with Crippen molar-refractivity contribution in [1.82, 2.24) is 10.6 Å². The predicted octanol–water partition coefficient (Wildman–Crippen LogP) is 4.32. The van der Waals surface area contributed by atoms with Gasteiger partial charge in [-0.05, 0) is 35.1 Å². The van der Waals surface area contributed by atoms with E-state index in [2.05, 4.69) is 5.32 Å². The lowest BCUT2D eigenvalue weighted by atomic mass is 9.92. The lowest BCUT2D eigenvalue weighted by molar-refractivity contribution is -0.207. The molecule has 0 fully saturated rings. The monoisotopic (exact) mass is 492 g/mol. The number of halogens is 3. The minimum atomic E-state index is -5.21. The molecule has 188 valence electrons. The molecule has 2 atom stereocenters. The molecule has 0 saturated heterocycles. The summed E-state index contributed by atoms with van der Waals surface area (Å²) in [7, 11) is 0. The lowest BCUT2D eigenvalue weighted by Gasteiger charge is -2.31. The van der Waals surface area contributed by atoms with Gasteiger partial charge in [0.2, 0.25) is 11.4 Å². The van der Waals surface area contributed by atoms with Gasteiger partial charge < -0.3 is 20.5 Å². The van der Waals surface area contributed by atoms with Gasteiger partial charge in [0.15, 0.2) is 0 Å². The first-order chi connectivity index (χ1) is 16.4. The molecule has 0 saturated carbocycles. The van der Waals surface area contributed by atoms with Crippen LogP contribution in [-0.2, 0) is 14.3 Å². The van der Waals surface area contributed by atoms with E-state index in [0.717, 1.165) is 22.3 Å². The number of hydrogen-bond acceptors (Lipinski definition) is 4. The standard InChI is InChI=1S/C25H27F3N2O5/c1-14(2)19(21(31)30-24(3,22(32)33)25(26,27)28)12-29-23(34)35-13-20-17-10-6-4-8-15(17)16-9-5-7-11-18(16)20/h4-11,14,19-20H,12-13H2,1-3H3,(H,29,34)(H,30,31)(H,32,33). The van der Waals surface area contributed by atoms with Crippen molar-refractivity contribution in [2.24, 2.45) is 11.8 Å². The highest BCUT2D eigenvalue weighted by Gasteiger charge is 2.58. The quantitative estimate of drug-likeness (QED) is 0.509. The van der Waals surface area contributed by atoms with Gasteiger partial charge in [0.25, 0.3) is 0 Å². The first-order valence-corrected chi connectivity index (χ1v) is 11.1. The van der Waals surface area contributed by atoms with Crippen LogP contribution in [0.1, 0.15) is 37.8 Å². The zero-order valence-corrected chi connectivity index (χ0v) is 19.5. The average molecular weight is 492 g/mol. The number of hydrogen-bond donors (Lipinski definition) is 3. The third-order valence-corrected chi connectivity index (χ3v) is 6.32. The van der Waals surface area contributed by atoms with Crippen molar-refractivity contribution < 1.29 is 37.4 Å². The van der Waals surface area contributed by atoms with E-state index in [1.165, 1.54) is 0 Å². The van der Waals surface area contributed by atoms with Crippen molar-refractivity contribution in [3.8, 4) is 11.1 Å². The smallest absolute Gasteiger partial charge is 0.422 e. The minimum absolute atomic E-state index is 0.0313. The van der Waals surface area contributed by atoms with Gasteiger partial charge in [-0.2, -0.15) is 13.2 Å². The normalized spacial score (nSPS) is 15.5. The molecule has 2 amide bonds. The van der Waals surface area contributed by atoms with Crippen LogP contribution in [0.4, 0.5) is 18.0 Å². The van der Waals surface area contributed by atoms with Crippen LogP contribution >= 0.6 is 0 Å². The molecular formula is C25H27F3N2O5. The number of rotatable bonds is 8. The molecule has 1 aliphatic rings. The molecule has 2 unspecified atom stereocenters. The molecule has 0 bridgehead atoms. The molecule has 0 aliphatic heterocycles. The fourth-order valence-corrected chi connectivity index (χ4v) is 4.06. The maximum atomic E-state index is 13.3. The van der Waals surface area contributed by atoms with Gasteiger partial charge in [-0.25, -0.2) is 9.59 Å². The topological polar surface area (TPSA) is 105 Å². The molecule has 0 spiro atoms. The van der Waals surface area contributed by atoms with E-state index in [4.69, 9.17) is 9.84 Å². The first kappa shape index (κ1) is 26.1. The van der Waals surface area contributed by atoms with Gasteiger partial charge >= 0.3 is 18.2 Å². The number of ether oxygens (including phenoxy) is 1. The number of carbonyl (C=O) groups is 3. The van der Waals surface area contributed by atoms with Crippen LogP contribution < -0.4 is 10.6 Å². The number of alkyl carbamates (subject to hydrolysis) is 1. The van der Waals surface area contributed by atoms with Gasteiger partial charge in [-0.15, -0.1) is 0 Å². The summed E-state index contributed by atoms with van der Waals surface area (Å²) in [4.78, 5) is 36.1. The fraction of sp³-hybridized carbons (Fsp3) is 0.400.